The van der Waals surface area contributed by atoms with Gasteiger partial charge in [0.2, 0.25) is 23.6 Å². The van der Waals surface area contributed by atoms with E-state index in [4.69, 9.17) is 0 Å². The highest BCUT2D eigenvalue weighted by molar-refractivity contribution is 7.85. The van der Waals surface area contributed by atoms with Crippen LogP contribution >= 0.6 is 0 Å². The molecule has 40 heavy (non-hydrogen) atoms. The van der Waals surface area contributed by atoms with Crippen molar-refractivity contribution in [3.8, 4) is 0 Å². The Kier molecular flexibility index (Phi) is 11.8. The van der Waals surface area contributed by atoms with E-state index >= 15 is 0 Å². The standard InChI is InChI=1S/C27H40N4O8S/c1-6-15(3)21-25(34)30-22(16(4)7-2)26(35)31-23(19(17(5)32)14-40(37,38)39)27(36)28-20(24(33)29-21)13-18-11-9-8-10-12-18/h8-12,15-16,19-23H,6-7,13-14H2,1-5H3,(H,28,36)(H,29,33)(H,30,34)(H,31,35)(H,37,38,39)/t15-,16-,19+,20-,21-,22-,23-/m0/s1. The molecule has 2 rings (SSSR count). The Labute approximate surface area is 235 Å². The highest BCUT2D eigenvalue weighted by Gasteiger charge is 2.41. The van der Waals surface area contributed by atoms with Crippen LogP contribution in [0.1, 0.15) is 53.0 Å². The van der Waals surface area contributed by atoms with E-state index < -0.39 is 81.3 Å². The van der Waals surface area contributed by atoms with Gasteiger partial charge in [0.25, 0.3) is 10.1 Å². The van der Waals surface area contributed by atoms with Crippen LogP contribution in [0.25, 0.3) is 0 Å². The van der Waals surface area contributed by atoms with Crippen LogP contribution in [-0.4, -0.2) is 72.3 Å². The van der Waals surface area contributed by atoms with Gasteiger partial charge in [0.1, 0.15) is 30.0 Å². The van der Waals surface area contributed by atoms with Gasteiger partial charge < -0.3 is 21.3 Å². The second-order valence-corrected chi connectivity index (χ2v) is 11.9. The van der Waals surface area contributed by atoms with Crippen LogP contribution in [0.5, 0.6) is 0 Å². The summed E-state index contributed by atoms with van der Waals surface area (Å²) in [6.45, 7) is 8.17. The molecule has 13 heteroatoms. The lowest BCUT2D eigenvalue weighted by atomic mass is 9.92. The van der Waals surface area contributed by atoms with Gasteiger partial charge in [-0.25, -0.2) is 0 Å². The molecule has 0 bridgehead atoms. The van der Waals surface area contributed by atoms with Crippen molar-refractivity contribution >= 4 is 39.5 Å². The van der Waals surface area contributed by atoms with E-state index in [1.54, 1.807) is 51.1 Å². The summed E-state index contributed by atoms with van der Waals surface area (Å²) in [7, 11) is -4.75. The van der Waals surface area contributed by atoms with Gasteiger partial charge in [0.05, 0.1) is 11.7 Å². The molecule has 0 spiro atoms. The molecule has 0 aromatic heterocycles. The number of rotatable bonds is 10. The summed E-state index contributed by atoms with van der Waals surface area (Å²) in [4.78, 5) is 66.6. The fourth-order valence-electron chi connectivity index (χ4n) is 4.49. The van der Waals surface area contributed by atoms with E-state index in [1.165, 1.54) is 0 Å². The number of carbonyl (C=O) groups excluding carboxylic acids is 5. The van der Waals surface area contributed by atoms with Gasteiger partial charge in [-0.05, 0) is 24.3 Å². The molecular weight excluding hydrogens is 540 g/mol. The summed E-state index contributed by atoms with van der Waals surface area (Å²) in [5.74, 6) is -7.37. The molecule has 4 amide bonds. The molecule has 1 aliphatic rings. The van der Waals surface area contributed by atoms with Gasteiger partial charge in [-0.2, -0.15) is 8.42 Å². The molecule has 0 radical (unpaired) electrons. The lowest BCUT2D eigenvalue weighted by Crippen LogP contribution is -2.65. The number of amides is 4. The molecule has 222 valence electrons. The molecule has 1 fully saturated rings. The van der Waals surface area contributed by atoms with Gasteiger partial charge in [-0.15, -0.1) is 0 Å². The molecule has 1 heterocycles. The highest BCUT2D eigenvalue weighted by atomic mass is 32.2. The van der Waals surface area contributed by atoms with Crippen molar-refractivity contribution in [1.82, 2.24) is 21.3 Å². The zero-order chi connectivity index (χ0) is 30.2. The van der Waals surface area contributed by atoms with Gasteiger partial charge >= 0.3 is 0 Å². The third-order valence-corrected chi connectivity index (χ3v) is 8.18. The molecule has 1 aromatic carbocycles. The van der Waals surface area contributed by atoms with Crippen LogP contribution in [0.2, 0.25) is 0 Å². The topological polar surface area (TPSA) is 188 Å². The van der Waals surface area contributed by atoms with Gasteiger partial charge in [-0.1, -0.05) is 70.9 Å². The molecule has 7 atom stereocenters. The Morgan fingerprint density at radius 1 is 0.800 bits per heavy atom. The number of nitrogens with one attached hydrogen (secondary N) is 4. The maximum atomic E-state index is 13.6. The Bertz CT molecular complexity index is 1190. The van der Waals surface area contributed by atoms with E-state index in [9.17, 15) is 36.9 Å². The highest BCUT2D eigenvalue weighted by Crippen LogP contribution is 2.17. The number of ketones is 1. The molecule has 0 aliphatic carbocycles. The summed E-state index contributed by atoms with van der Waals surface area (Å²) in [5.41, 5.74) is 0.679. The van der Waals surface area contributed by atoms with Crippen LogP contribution in [0.3, 0.4) is 0 Å². The number of hydrogen-bond acceptors (Lipinski definition) is 7. The van der Waals surface area contributed by atoms with E-state index in [0.717, 1.165) is 6.92 Å². The molecule has 5 N–H and O–H groups in total. The first-order valence-corrected chi connectivity index (χ1v) is 15.0. The third-order valence-electron chi connectivity index (χ3n) is 7.40. The fourth-order valence-corrected chi connectivity index (χ4v) is 5.37. The minimum Gasteiger partial charge on any atom is -0.342 e. The normalized spacial score (nSPS) is 25.1. The molecule has 1 aliphatic heterocycles. The van der Waals surface area contributed by atoms with Crippen molar-refractivity contribution in [1.29, 1.82) is 0 Å². The molecule has 0 saturated carbocycles. The Hall–Kier alpha value is -3.32. The maximum Gasteiger partial charge on any atom is 0.265 e. The summed E-state index contributed by atoms with van der Waals surface area (Å²) < 4.78 is 33.0. The monoisotopic (exact) mass is 580 g/mol. The SMILES string of the molecule is CC[C@H](C)[C@@H]1NC(=O)[C@H](Cc2ccccc2)NC(=O)[C@H]([C@H](CS(=O)(=O)O)C(C)=O)NC(=O)[C@H]([C@@H](C)CC)NC1=O. The minimum atomic E-state index is -4.75. The first-order valence-electron chi connectivity index (χ1n) is 13.4. The third kappa shape index (κ3) is 9.12. The first-order chi connectivity index (χ1) is 18.7. The first kappa shape index (κ1) is 32.9. The van der Waals surface area contributed by atoms with Crippen LogP contribution in [0, 0.1) is 17.8 Å². The number of hydrogen-bond donors (Lipinski definition) is 5. The van der Waals surface area contributed by atoms with Crippen molar-refractivity contribution in [3.63, 3.8) is 0 Å². The average molecular weight is 581 g/mol. The van der Waals surface area contributed by atoms with Crippen molar-refractivity contribution in [2.24, 2.45) is 17.8 Å². The van der Waals surface area contributed by atoms with Crippen molar-refractivity contribution in [3.05, 3.63) is 35.9 Å². The van der Waals surface area contributed by atoms with E-state index in [-0.39, 0.29) is 12.3 Å². The maximum absolute atomic E-state index is 13.6. The van der Waals surface area contributed by atoms with Gasteiger partial charge in [0.15, 0.2) is 0 Å². The second kappa shape index (κ2) is 14.4. The van der Waals surface area contributed by atoms with Crippen LogP contribution in [0.4, 0.5) is 0 Å². The zero-order valence-electron chi connectivity index (χ0n) is 23.5. The lowest BCUT2D eigenvalue weighted by molar-refractivity contribution is -0.139. The number of benzene rings is 1. The molecule has 1 saturated heterocycles. The van der Waals surface area contributed by atoms with Gasteiger partial charge in [0, 0.05) is 6.42 Å². The molecule has 1 aromatic rings. The minimum absolute atomic E-state index is 0.00640. The van der Waals surface area contributed by atoms with Gasteiger partial charge in [-0.3, -0.25) is 28.5 Å². The fraction of sp³-hybridized carbons (Fsp3) is 0.593. The number of Topliss-reactive ketones (excluding diaryl/α,β-unsaturated/α-hetero) is 1. The molecular formula is C27H40N4O8S. The predicted molar refractivity (Wildman–Crippen MR) is 147 cm³/mol. The van der Waals surface area contributed by atoms with Crippen LogP contribution < -0.4 is 21.3 Å². The Balaban J connectivity index is 2.64. The van der Waals surface area contributed by atoms with Crippen molar-refractivity contribution < 1.29 is 36.9 Å². The van der Waals surface area contributed by atoms with E-state index in [2.05, 4.69) is 21.3 Å². The largest absolute Gasteiger partial charge is 0.342 e. The van der Waals surface area contributed by atoms with Crippen LogP contribution in [0.15, 0.2) is 30.3 Å². The van der Waals surface area contributed by atoms with Crippen LogP contribution in [-0.2, 0) is 40.5 Å². The predicted octanol–water partition coefficient (Wildman–Crippen LogP) is 0.367. The summed E-state index contributed by atoms with van der Waals surface area (Å²) in [6.07, 6.45) is 0.995. The average Bonchev–Trinajstić information content (AvgIpc) is 2.89. The summed E-state index contributed by atoms with van der Waals surface area (Å²) in [5, 5.41) is 10.4. The smallest absolute Gasteiger partial charge is 0.265 e. The number of carbonyl (C=O) groups is 5. The van der Waals surface area contributed by atoms with Crippen molar-refractivity contribution in [2.45, 2.75) is 78.0 Å². The van der Waals surface area contributed by atoms with Crippen molar-refractivity contribution in [2.75, 3.05) is 5.75 Å². The van der Waals surface area contributed by atoms with E-state index in [1.807, 2.05) is 6.92 Å². The Morgan fingerprint density at radius 3 is 1.70 bits per heavy atom. The summed E-state index contributed by atoms with van der Waals surface area (Å²) in [6, 6.07) is 3.58. The lowest BCUT2D eigenvalue weighted by Gasteiger charge is -2.34. The summed E-state index contributed by atoms with van der Waals surface area (Å²) >= 11 is 0. The molecule has 0 unspecified atom stereocenters. The second-order valence-electron chi connectivity index (χ2n) is 10.4. The Morgan fingerprint density at radius 2 is 1.25 bits per heavy atom. The molecule has 12 nitrogen and oxygen atoms in total. The zero-order valence-corrected chi connectivity index (χ0v) is 24.3. The van der Waals surface area contributed by atoms with E-state index in [0.29, 0.717) is 18.4 Å². The quantitative estimate of drug-likeness (QED) is 0.245.